The van der Waals surface area contributed by atoms with E-state index < -0.39 is 12.0 Å². The van der Waals surface area contributed by atoms with Crippen molar-refractivity contribution in [2.45, 2.75) is 12.6 Å². The molecule has 3 heterocycles. The smallest absolute Gasteiger partial charge is 0.321 e. The van der Waals surface area contributed by atoms with Crippen LogP contribution in [0.25, 0.3) is 5.65 Å². The monoisotopic (exact) mass is 305 g/mol. The molecule has 0 aliphatic carbocycles. The molecule has 7 heteroatoms. The number of thioether (sulfide) groups is 1. The molecular formula is C14H15N3O3S. The summed E-state index contributed by atoms with van der Waals surface area (Å²) >= 11 is 1.64. The first-order chi connectivity index (χ1) is 10.1. The van der Waals surface area contributed by atoms with Crippen LogP contribution in [-0.2, 0) is 11.3 Å². The summed E-state index contributed by atoms with van der Waals surface area (Å²) in [7, 11) is 0. The Labute approximate surface area is 125 Å². The highest BCUT2D eigenvalue weighted by molar-refractivity contribution is 7.99. The van der Waals surface area contributed by atoms with Crippen LogP contribution in [0, 0.1) is 0 Å². The summed E-state index contributed by atoms with van der Waals surface area (Å²) in [4.78, 5) is 29.7. The average Bonchev–Trinajstić information content (AvgIpc) is 2.47. The molecule has 2 aromatic heterocycles. The first kappa shape index (κ1) is 14.1. The number of rotatable bonds is 3. The fourth-order valence-electron chi connectivity index (χ4n) is 2.45. The zero-order valence-corrected chi connectivity index (χ0v) is 12.1. The van der Waals surface area contributed by atoms with E-state index in [1.807, 2.05) is 11.0 Å². The van der Waals surface area contributed by atoms with Gasteiger partial charge in [0.05, 0.1) is 5.69 Å². The first-order valence-electron chi connectivity index (χ1n) is 6.67. The number of aromatic nitrogens is 2. The lowest BCUT2D eigenvalue weighted by Crippen LogP contribution is -2.46. The molecule has 1 saturated heterocycles. The van der Waals surface area contributed by atoms with E-state index in [0.29, 0.717) is 30.2 Å². The predicted octanol–water partition coefficient (Wildman–Crippen LogP) is 0.696. The van der Waals surface area contributed by atoms with Crippen LogP contribution < -0.4 is 5.56 Å². The van der Waals surface area contributed by atoms with Gasteiger partial charge in [0.25, 0.3) is 5.56 Å². The molecule has 1 N–H and O–H groups in total. The van der Waals surface area contributed by atoms with Crippen LogP contribution in [0.2, 0.25) is 0 Å². The van der Waals surface area contributed by atoms with Crippen LogP contribution in [0.5, 0.6) is 0 Å². The Hall–Kier alpha value is -1.86. The van der Waals surface area contributed by atoms with Gasteiger partial charge in [-0.1, -0.05) is 6.07 Å². The van der Waals surface area contributed by atoms with Crippen molar-refractivity contribution in [3.8, 4) is 0 Å². The lowest BCUT2D eigenvalue weighted by atomic mass is 10.2. The molecule has 1 aliphatic rings. The fourth-order valence-corrected chi connectivity index (χ4v) is 3.55. The Kier molecular flexibility index (Phi) is 3.94. The second-order valence-corrected chi connectivity index (χ2v) is 6.06. The normalized spacial score (nSPS) is 19.7. The number of hydrogen-bond donors (Lipinski definition) is 1. The van der Waals surface area contributed by atoms with E-state index in [-0.39, 0.29) is 5.56 Å². The molecular weight excluding hydrogens is 290 g/mol. The van der Waals surface area contributed by atoms with E-state index in [9.17, 15) is 14.7 Å². The second-order valence-electron chi connectivity index (χ2n) is 4.91. The fraction of sp³-hybridized carbons (Fsp3) is 0.357. The number of carboxylic acids is 1. The summed E-state index contributed by atoms with van der Waals surface area (Å²) in [6, 6.07) is 6.33. The zero-order chi connectivity index (χ0) is 14.8. The molecule has 3 rings (SSSR count). The Morgan fingerprint density at radius 1 is 1.48 bits per heavy atom. The molecule has 21 heavy (non-hydrogen) atoms. The van der Waals surface area contributed by atoms with Gasteiger partial charge in [-0.3, -0.25) is 18.9 Å². The Balaban J connectivity index is 1.90. The van der Waals surface area contributed by atoms with E-state index in [1.165, 1.54) is 10.5 Å². The SMILES string of the molecule is O=C(O)C1CSCCN1Cc1cc(=O)n2ccccc2n1. The second kappa shape index (κ2) is 5.87. The molecule has 0 saturated carbocycles. The van der Waals surface area contributed by atoms with Crippen molar-refractivity contribution >= 4 is 23.4 Å². The zero-order valence-electron chi connectivity index (χ0n) is 11.3. The van der Waals surface area contributed by atoms with E-state index in [4.69, 9.17) is 0 Å². The molecule has 2 aromatic rings. The van der Waals surface area contributed by atoms with Gasteiger partial charge < -0.3 is 5.11 Å². The quantitative estimate of drug-likeness (QED) is 0.899. The molecule has 1 fully saturated rings. The van der Waals surface area contributed by atoms with Crippen LogP contribution in [0.4, 0.5) is 0 Å². The van der Waals surface area contributed by atoms with Gasteiger partial charge in [0.2, 0.25) is 0 Å². The third kappa shape index (κ3) is 2.93. The number of hydrogen-bond acceptors (Lipinski definition) is 5. The Morgan fingerprint density at radius 2 is 2.33 bits per heavy atom. The minimum atomic E-state index is -0.820. The average molecular weight is 305 g/mol. The maximum atomic E-state index is 12.0. The summed E-state index contributed by atoms with van der Waals surface area (Å²) in [5, 5.41) is 9.27. The number of fused-ring (bicyclic) bond motifs is 1. The molecule has 0 radical (unpaired) electrons. The lowest BCUT2D eigenvalue weighted by Gasteiger charge is -2.32. The van der Waals surface area contributed by atoms with Crippen molar-refractivity contribution in [3.63, 3.8) is 0 Å². The minimum absolute atomic E-state index is 0.145. The first-order valence-corrected chi connectivity index (χ1v) is 7.82. The molecule has 110 valence electrons. The van der Waals surface area contributed by atoms with E-state index in [2.05, 4.69) is 4.98 Å². The summed E-state index contributed by atoms with van der Waals surface area (Å²) in [5.41, 5.74) is 1.05. The van der Waals surface area contributed by atoms with Gasteiger partial charge in [0.1, 0.15) is 11.7 Å². The predicted molar refractivity (Wildman–Crippen MR) is 80.6 cm³/mol. The van der Waals surface area contributed by atoms with Gasteiger partial charge in [0.15, 0.2) is 0 Å². The highest BCUT2D eigenvalue weighted by Crippen LogP contribution is 2.18. The van der Waals surface area contributed by atoms with Gasteiger partial charge in [-0.05, 0) is 12.1 Å². The maximum Gasteiger partial charge on any atom is 0.321 e. The topological polar surface area (TPSA) is 74.9 Å². The van der Waals surface area contributed by atoms with Crippen molar-refractivity contribution in [2.75, 3.05) is 18.1 Å². The Morgan fingerprint density at radius 3 is 3.14 bits per heavy atom. The highest BCUT2D eigenvalue weighted by Gasteiger charge is 2.29. The summed E-state index contributed by atoms with van der Waals surface area (Å²) in [6.45, 7) is 1.08. The standard InChI is InChI=1S/C14H15N3O3S/c18-13-7-10(15-12-3-1-2-4-17(12)13)8-16-5-6-21-9-11(16)14(19)20/h1-4,7,11H,5-6,8-9H2,(H,19,20). The van der Waals surface area contributed by atoms with Gasteiger partial charge in [0, 0.05) is 36.9 Å². The van der Waals surface area contributed by atoms with Crippen LogP contribution in [0.3, 0.4) is 0 Å². The van der Waals surface area contributed by atoms with Gasteiger partial charge in [-0.25, -0.2) is 4.98 Å². The third-order valence-electron chi connectivity index (χ3n) is 3.51. The largest absolute Gasteiger partial charge is 0.480 e. The number of carbonyl (C=O) groups is 1. The number of carboxylic acid groups (broad SMARTS) is 1. The molecule has 0 aromatic carbocycles. The van der Waals surface area contributed by atoms with Gasteiger partial charge in [-0.15, -0.1) is 0 Å². The van der Waals surface area contributed by atoms with E-state index >= 15 is 0 Å². The van der Waals surface area contributed by atoms with Crippen molar-refractivity contribution < 1.29 is 9.90 Å². The van der Waals surface area contributed by atoms with Crippen molar-refractivity contribution in [1.82, 2.24) is 14.3 Å². The molecule has 0 amide bonds. The summed E-state index contributed by atoms with van der Waals surface area (Å²) < 4.78 is 1.48. The van der Waals surface area contributed by atoms with Gasteiger partial charge in [-0.2, -0.15) is 11.8 Å². The van der Waals surface area contributed by atoms with E-state index in [0.717, 1.165) is 5.75 Å². The third-order valence-corrected chi connectivity index (χ3v) is 4.54. The van der Waals surface area contributed by atoms with Crippen LogP contribution >= 0.6 is 11.8 Å². The van der Waals surface area contributed by atoms with Gasteiger partial charge >= 0.3 is 5.97 Å². The van der Waals surface area contributed by atoms with E-state index in [1.54, 1.807) is 30.1 Å². The molecule has 0 spiro atoms. The maximum absolute atomic E-state index is 12.0. The van der Waals surface area contributed by atoms with Crippen molar-refractivity contribution in [3.05, 3.63) is 46.5 Å². The van der Waals surface area contributed by atoms with Crippen molar-refractivity contribution in [1.29, 1.82) is 0 Å². The molecule has 6 nitrogen and oxygen atoms in total. The lowest BCUT2D eigenvalue weighted by molar-refractivity contribution is -0.142. The summed E-state index contributed by atoms with van der Waals surface area (Å²) in [5.74, 6) is 0.651. The molecule has 1 aliphatic heterocycles. The number of pyridine rings is 1. The van der Waals surface area contributed by atoms with Crippen LogP contribution in [0.1, 0.15) is 5.69 Å². The number of nitrogens with zero attached hydrogens (tertiary/aromatic N) is 3. The van der Waals surface area contributed by atoms with Crippen LogP contribution in [0.15, 0.2) is 35.3 Å². The Bertz CT molecular complexity index is 731. The molecule has 1 atom stereocenters. The van der Waals surface area contributed by atoms with Crippen LogP contribution in [-0.4, -0.2) is 49.5 Å². The molecule has 0 bridgehead atoms. The molecule has 1 unspecified atom stereocenters. The minimum Gasteiger partial charge on any atom is -0.480 e. The summed E-state index contributed by atoms with van der Waals surface area (Å²) in [6.07, 6.45) is 1.67. The van der Waals surface area contributed by atoms with Crippen molar-refractivity contribution in [2.24, 2.45) is 0 Å². The number of aliphatic carboxylic acids is 1. The highest BCUT2D eigenvalue weighted by atomic mass is 32.2.